The molecule has 0 bridgehead atoms. The van der Waals surface area contributed by atoms with Crippen LogP contribution in [0.5, 0.6) is 0 Å². The van der Waals surface area contributed by atoms with Gasteiger partial charge in [-0.1, -0.05) is 36.8 Å². The van der Waals surface area contributed by atoms with Gasteiger partial charge in [-0.2, -0.15) is 0 Å². The third-order valence-electron chi connectivity index (χ3n) is 2.98. The zero-order valence-electron chi connectivity index (χ0n) is 11.2. The molecule has 96 valence electrons. The molecule has 1 aromatic carbocycles. The topological polar surface area (TPSA) is 18.5 Å². The molecular formula is C14H24O2Si. The average molecular weight is 252 g/mol. The smallest absolute Gasteiger partial charge is 0.186 e. The second-order valence-corrected chi connectivity index (χ2v) is 9.39. The highest BCUT2D eigenvalue weighted by molar-refractivity contribution is 6.71. The van der Waals surface area contributed by atoms with Crippen LogP contribution < -0.4 is 0 Å². The molecule has 0 amide bonds. The van der Waals surface area contributed by atoms with Crippen molar-refractivity contribution < 1.29 is 9.16 Å². The number of ether oxygens (including phenoxy) is 1. The Labute approximate surface area is 106 Å². The molecule has 0 radical (unpaired) electrons. The first kappa shape index (κ1) is 14.4. The van der Waals surface area contributed by atoms with E-state index in [4.69, 9.17) is 9.16 Å². The summed E-state index contributed by atoms with van der Waals surface area (Å²) in [6, 6.07) is 11.5. The summed E-state index contributed by atoms with van der Waals surface area (Å²) >= 11 is 0. The molecule has 1 rings (SSSR count). The maximum absolute atomic E-state index is 5.64. The summed E-state index contributed by atoms with van der Waals surface area (Å²) in [7, 11) is 0.475. The summed E-state index contributed by atoms with van der Waals surface area (Å²) in [5.41, 5.74) is 1.25. The van der Waals surface area contributed by atoms with Gasteiger partial charge in [-0.3, -0.25) is 0 Å². The summed E-state index contributed by atoms with van der Waals surface area (Å²) in [5, 5.41) is 0. The van der Waals surface area contributed by atoms with Crippen LogP contribution in [0.25, 0.3) is 0 Å². The van der Waals surface area contributed by atoms with Crippen LogP contribution in [-0.2, 0) is 15.8 Å². The normalized spacial score (nSPS) is 11.7. The second kappa shape index (κ2) is 7.64. The Kier molecular flexibility index (Phi) is 6.48. The van der Waals surface area contributed by atoms with Gasteiger partial charge in [0.15, 0.2) is 8.32 Å². The highest BCUT2D eigenvalue weighted by Crippen LogP contribution is 2.14. The fourth-order valence-corrected chi connectivity index (χ4v) is 2.93. The van der Waals surface area contributed by atoms with E-state index in [-0.39, 0.29) is 0 Å². The molecule has 0 aliphatic carbocycles. The van der Waals surface area contributed by atoms with Crippen LogP contribution in [0.1, 0.15) is 18.4 Å². The predicted molar refractivity (Wildman–Crippen MR) is 74.6 cm³/mol. The van der Waals surface area contributed by atoms with Gasteiger partial charge >= 0.3 is 0 Å². The Balaban J connectivity index is 2.02. The van der Waals surface area contributed by atoms with Gasteiger partial charge in [0, 0.05) is 13.7 Å². The summed E-state index contributed by atoms with van der Waals surface area (Å²) < 4.78 is 11.2. The molecule has 0 aromatic heterocycles. The lowest BCUT2D eigenvalue weighted by Crippen LogP contribution is -2.28. The second-order valence-electron chi connectivity index (χ2n) is 4.96. The molecule has 17 heavy (non-hydrogen) atoms. The lowest BCUT2D eigenvalue weighted by molar-refractivity contribution is 0.118. The van der Waals surface area contributed by atoms with Crippen LogP contribution >= 0.6 is 0 Å². The zero-order chi connectivity index (χ0) is 12.6. The molecule has 0 aliphatic heterocycles. The van der Waals surface area contributed by atoms with Gasteiger partial charge in [0.1, 0.15) is 0 Å². The summed E-state index contributed by atoms with van der Waals surface area (Å²) in [6.07, 6.45) is 2.34. The van der Waals surface area contributed by atoms with Crippen LogP contribution in [0.4, 0.5) is 0 Å². The minimum atomic E-state index is -1.36. The third kappa shape index (κ3) is 6.61. The highest BCUT2D eigenvalue weighted by Gasteiger charge is 2.19. The van der Waals surface area contributed by atoms with E-state index in [1.807, 2.05) is 25.3 Å². The van der Waals surface area contributed by atoms with E-state index in [9.17, 15) is 0 Å². The molecular weight excluding hydrogens is 228 g/mol. The average Bonchev–Trinajstić information content (AvgIpc) is 2.35. The van der Waals surface area contributed by atoms with Gasteiger partial charge < -0.3 is 9.16 Å². The molecule has 0 heterocycles. The van der Waals surface area contributed by atoms with Gasteiger partial charge in [-0.15, -0.1) is 0 Å². The Morgan fingerprint density at radius 3 is 2.41 bits per heavy atom. The lowest BCUT2D eigenvalue weighted by atomic mass is 10.2. The van der Waals surface area contributed by atoms with E-state index < -0.39 is 8.32 Å². The van der Waals surface area contributed by atoms with Crippen molar-refractivity contribution in [3.63, 3.8) is 0 Å². The number of unbranched alkanes of at least 4 members (excludes halogenated alkanes) is 1. The molecule has 0 spiro atoms. The van der Waals surface area contributed by atoms with Gasteiger partial charge in [-0.05, 0) is 31.1 Å². The van der Waals surface area contributed by atoms with Crippen molar-refractivity contribution in [1.29, 1.82) is 0 Å². The maximum Gasteiger partial charge on any atom is 0.186 e. The van der Waals surface area contributed by atoms with Crippen LogP contribution in [0.15, 0.2) is 30.3 Å². The molecule has 3 heteroatoms. The fraction of sp³-hybridized carbons (Fsp3) is 0.571. The van der Waals surface area contributed by atoms with Crippen LogP contribution in [0, 0.1) is 0 Å². The minimum absolute atomic E-state index is 0.728. The molecule has 0 unspecified atom stereocenters. The number of benzene rings is 1. The molecule has 0 fully saturated rings. The summed E-state index contributed by atoms with van der Waals surface area (Å²) in [5.74, 6) is 0. The van der Waals surface area contributed by atoms with Crippen LogP contribution in [0.2, 0.25) is 19.1 Å². The van der Waals surface area contributed by atoms with Gasteiger partial charge in [0.05, 0.1) is 6.61 Å². The lowest BCUT2D eigenvalue weighted by Gasteiger charge is -2.19. The van der Waals surface area contributed by atoms with Gasteiger partial charge in [0.25, 0.3) is 0 Å². The van der Waals surface area contributed by atoms with Crippen molar-refractivity contribution in [2.75, 3.05) is 13.7 Å². The molecule has 0 saturated carbocycles. The maximum atomic E-state index is 5.64. The van der Waals surface area contributed by atoms with Crippen LogP contribution in [-0.4, -0.2) is 22.0 Å². The Bertz CT molecular complexity index is 298. The number of hydrogen-bond donors (Lipinski definition) is 0. The Hall–Kier alpha value is -0.643. The van der Waals surface area contributed by atoms with E-state index in [0.29, 0.717) is 0 Å². The third-order valence-corrected chi connectivity index (χ3v) is 5.64. The van der Waals surface area contributed by atoms with E-state index in [0.717, 1.165) is 19.6 Å². The highest BCUT2D eigenvalue weighted by atomic mass is 28.4. The summed E-state index contributed by atoms with van der Waals surface area (Å²) in [6.45, 7) is 6.10. The first-order chi connectivity index (χ1) is 8.14. The Morgan fingerprint density at radius 2 is 1.76 bits per heavy atom. The first-order valence-electron chi connectivity index (χ1n) is 6.31. The van der Waals surface area contributed by atoms with E-state index in [1.165, 1.54) is 18.0 Å². The van der Waals surface area contributed by atoms with Gasteiger partial charge in [-0.25, -0.2) is 0 Å². The van der Waals surface area contributed by atoms with E-state index >= 15 is 0 Å². The van der Waals surface area contributed by atoms with Gasteiger partial charge in [0.2, 0.25) is 0 Å². The van der Waals surface area contributed by atoms with Crippen molar-refractivity contribution in [1.82, 2.24) is 0 Å². The molecule has 0 N–H and O–H groups in total. The van der Waals surface area contributed by atoms with Crippen molar-refractivity contribution in [3.8, 4) is 0 Å². The largest absolute Gasteiger partial charge is 0.420 e. The Morgan fingerprint density at radius 1 is 1.06 bits per heavy atom. The van der Waals surface area contributed by atoms with Crippen LogP contribution in [0.3, 0.4) is 0 Å². The number of rotatable bonds is 8. The number of hydrogen-bond acceptors (Lipinski definition) is 2. The molecule has 0 saturated heterocycles. The standard InChI is InChI=1S/C14H24O2Si/c1-15-17(2,3)12-8-7-11-16-13-14-9-5-4-6-10-14/h4-6,9-10H,7-8,11-13H2,1-3H3. The van der Waals surface area contributed by atoms with Crippen molar-refractivity contribution in [3.05, 3.63) is 35.9 Å². The monoisotopic (exact) mass is 252 g/mol. The van der Waals surface area contributed by atoms with E-state index in [2.05, 4.69) is 25.2 Å². The first-order valence-corrected chi connectivity index (χ1v) is 9.42. The van der Waals surface area contributed by atoms with E-state index in [1.54, 1.807) is 0 Å². The SMILES string of the molecule is CO[Si](C)(C)CCCCOCc1ccccc1. The van der Waals surface area contributed by atoms with Crippen molar-refractivity contribution in [2.45, 2.75) is 38.6 Å². The summed E-state index contributed by atoms with van der Waals surface area (Å²) in [4.78, 5) is 0. The van der Waals surface area contributed by atoms with Crippen molar-refractivity contribution in [2.24, 2.45) is 0 Å². The molecule has 2 nitrogen and oxygen atoms in total. The minimum Gasteiger partial charge on any atom is -0.420 e. The van der Waals surface area contributed by atoms with Crippen molar-refractivity contribution >= 4 is 8.32 Å². The predicted octanol–water partition coefficient (Wildman–Crippen LogP) is 3.83. The molecule has 0 atom stereocenters. The molecule has 1 aromatic rings. The fourth-order valence-electron chi connectivity index (χ4n) is 1.62. The quantitative estimate of drug-likeness (QED) is 0.517. The zero-order valence-corrected chi connectivity index (χ0v) is 12.2. The molecule has 0 aliphatic rings.